The van der Waals surface area contributed by atoms with Gasteiger partial charge in [0.2, 0.25) is 0 Å². The van der Waals surface area contributed by atoms with Crippen molar-refractivity contribution in [3.63, 3.8) is 0 Å². The number of aromatic hydroxyl groups is 1. The molecule has 3 aromatic carbocycles. The lowest BCUT2D eigenvalue weighted by atomic mass is 9.83. The number of phenols is 1. The monoisotopic (exact) mass is 608 g/mol. The zero-order chi connectivity index (χ0) is 26.3. The van der Waals surface area contributed by atoms with E-state index in [9.17, 15) is 14.7 Å². The number of ether oxygens (including phenoxy) is 1. The van der Waals surface area contributed by atoms with Gasteiger partial charge in [-0.25, -0.2) is 0 Å². The summed E-state index contributed by atoms with van der Waals surface area (Å²) in [5, 5.41) is 22.0. The van der Waals surface area contributed by atoms with Gasteiger partial charge in [-0.05, 0) is 65.3 Å². The molecular weight excluding hydrogens is 583 g/mol. The minimum Gasteiger partial charge on any atom is -0.504 e. The third-order valence-corrected chi connectivity index (χ3v) is 7.31. The molecule has 0 aliphatic rings. The van der Waals surface area contributed by atoms with Crippen LogP contribution in [0.15, 0.2) is 70.3 Å². The summed E-state index contributed by atoms with van der Waals surface area (Å²) in [6.07, 6.45) is 0. The minimum atomic E-state index is -0.791. The maximum atomic E-state index is 13.4. The largest absolute Gasteiger partial charge is 0.504 e. The van der Waals surface area contributed by atoms with E-state index in [0.717, 1.165) is 22.3 Å². The Morgan fingerprint density at radius 2 is 1.22 bits per heavy atom. The van der Waals surface area contributed by atoms with Gasteiger partial charge in [0, 0.05) is 5.92 Å². The zero-order valence-electron chi connectivity index (χ0n) is 20.4. The van der Waals surface area contributed by atoms with Crippen molar-refractivity contribution >= 4 is 22.6 Å². The molecule has 0 radical (unpaired) electrons. The first-order valence-electron chi connectivity index (χ1n) is 11.6. The maximum absolute atomic E-state index is 13.4. The van der Waals surface area contributed by atoms with Crippen molar-refractivity contribution in [1.82, 2.24) is 20.4 Å². The van der Waals surface area contributed by atoms with Gasteiger partial charge < -0.3 is 9.84 Å². The van der Waals surface area contributed by atoms with E-state index < -0.39 is 5.92 Å². The van der Waals surface area contributed by atoms with Crippen LogP contribution in [0.5, 0.6) is 11.5 Å². The fourth-order valence-corrected chi connectivity index (χ4v) is 5.20. The van der Waals surface area contributed by atoms with E-state index in [1.165, 1.54) is 7.11 Å². The molecule has 2 heterocycles. The molecule has 2 aromatic heterocycles. The van der Waals surface area contributed by atoms with E-state index in [4.69, 9.17) is 4.74 Å². The van der Waals surface area contributed by atoms with Crippen molar-refractivity contribution in [2.24, 2.45) is 0 Å². The lowest BCUT2D eigenvalue weighted by Crippen LogP contribution is -2.20. The number of rotatable bonds is 6. The van der Waals surface area contributed by atoms with Crippen molar-refractivity contribution in [2.75, 3.05) is 7.11 Å². The van der Waals surface area contributed by atoms with Gasteiger partial charge in [0.1, 0.15) is 0 Å². The highest BCUT2D eigenvalue weighted by atomic mass is 127. The number of hydrogen-bond donors (Lipinski definition) is 5. The van der Waals surface area contributed by atoms with E-state index in [1.807, 2.05) is 85.0 Å². The third-order valence-electron chi connectivity index (χ3n) is 6.49. The Bertz CT molecular complexity index is 1590. The summed E-state index contributed by atoms with van der Waals surface area (Å²) in [4.78, 5) is 26.8. The van der Waals surface area contributed by atoms with E-state index >= 15 is 0 Å². The highest BCUT2D eigenvalue weighted by molar-refractivity contribution is 14.1. The van der Waals surface area contributed by atoms with Crippen molar-refractivity contribution in [2.45, 2.75) is 19.8 Å². The zero-order valence-corrected chi connectivity index (χ0v) is 22.6. The van der Waals surface area contributed by atoms with E-state index in [-0.39, 0.29) is 22.6 Å². The van der Waals surface area contributed by atoms with E-state index in [2.05, 4.69) is 20.4 Å². The molecule has 8 nitrogen and oxygen atoms in total. The quantitative estimate of drug-likeness (QED) is 0.171. The Balaban J connectivity index is 1.84. The molecule has 0 aliphatic heterocycles. The Hall–Kier alpha value is -3.99. The molecule has 0 amide bonds. The van der Waals surface area contributed by atoms with Crippen molar-refractivity contribution in [1.29, 1.82) is 0 Å². The Morgan fingerprint density at radius 1 is 0.757 bits per heavy atom. The summed E-state index contributed by atoms with van der Waals surface area (Å²) in [6, 6.07) is 19.0. The van der Waals surface area contributed by atoms with Gasteiger partial charge >= 0.3 is 0 Å². The summed E-state index contributed by atoms with van der Waals surface area (Å²) in [5.74, 6) is -0.547. The number of H-pyrrole nitrogens is 4. The van der Waals surface area contributed by atoms with Gasteiger partial charge in [-0.15, -0.1) is 0 Å². The van der Waals surface area contributed by atoms with Crippen LogP contribution in [-0.2, 0) is 0 Å². The number of phenolic OH excluding ortho intramolecular Hbond substituents is 1. The van der Waals surface area contributed by atoms with Crippen LogP contribution in [0.3, 0.4) is 0 Å². The number of benzene rings is 3. The van der Waals surface area contributed by atoms with Gasteiger partial charge in [-0.3, -0.25) is 30.0 Å². The average Bonchev–Trinajstić information content (AvgIpc) is 3.45. The predicted molar refractivity (Wildman–Crippen MR) is 151 cm³/mol. The second-order valence-corrected chi connectivity index (χ2v) is 10.1. The van der Waals surface area contributed by atoms with E-state index in [0.29, 0.717) is 31.6 Å². The lowest BCUT2D eigenvalue weighted by Gasteiger charge is -2.19. The molecule has 9 heteroatoms. The molecule has 37 heavy (non-hydrogen) atoms. The van der Waals surface area contributed by atoms with Crippen LogP contribution in [0.25, 0.3) is 22.5 Å². The molecule has 0 saturated carbocycles. The number of hydrogen-bond acceptors (Lipinski definition) is 4. The van der Waals surface area contributed by atoms with Crippen LogP contribution < -0.4 is 15.9 Å². The molecule has 0 unspecified atom stereocenters. The normalized spacial score (nSPS) is 11.3. The Kier molecular flexibility index (Phi) is 6.55. The minimum absolute atomic E-state index is 0.00549. The SMILES string of the molecule is COc1cc(C(c2c(-c3ccc(C)cc3)[nH][nH]c2=O)c2c(-c3ccc(C)cc3)[nH][nH]c2=O)cc(I)c1O. The molecule has 0 saturated heterocycles. The number of methoxy groups -OCH3 is 1. The van der Waals surface area contributed by atoms with Crippen molar-refractivity contribution < 1.29 is 9.84 Å². The molecule has 188 valence electrons. The first kappa shape index (κ1) is 24.7. The van der Waals surface area contributed by atoms with Gasteiger partial charge in [-0.1, -0.05) is 59.7 Å². The number of aryl methyl sites for hydroxylation is 2. The number of aromatic nitrogens is 4. The summed E-state index contributed by atoms with van der Waals surface area (Å²) in [6.45, 7) is 3.98. The summed E-state index contributed by atoms with van der Waals surface area (Å²) >= 11 is 2.02. The second kappa shape index (κ2) is 9.81. The fourth-order valence-electron chi connectivity index (χ4n) is 4.58. The molecule has 5 rings (SSSR count). The van der Waals surface area contributed by atoms with E-state index in [1.54, 1.807) is 12.1 Å². The molecule has 5 aromatic rings. The lowest BCUT2D eigenvalue weighted by molar-refractivity contribution is 0.371. The topological polar surface area (TPSA) is 127 Å². The molecule has 0 atom stereocenters. The van der Waals surface area contributed by atoms with Crippen LogP contribution in [-0.4, -0.2) is 32.6 Å². The van der Waals surface area contributed by atoms with Gasteiger partial charge in [0.25, 0.3) is 11.1 Å². The number of halogens is 1. The molecule has 0 spiro atoms. The highest BCUT2D eigenvalue weighted by Gasteiger charge is 2.32. The number of aromatic amines is 4. The summed E-state index contributed by atoms with van der Waals surface area (Å²) in [7, 11) is 1.46. The molecule has 0 aliphatic carbocycles. The van der Waals surface area contributed by atoms with Gasteiger partial charge in [-0.2, -0.15) is 0 Å². The molecule has 0 bridgehead atoms. The summed E-state index contributed by atoms with van der Waals surface area (Å²) in [5.41, 5.74) is 5.60. The van der Waals surface area contributed by atoms with Crippen molar-refractivity contribution in [3.8, 4) is 34.0 Å². The van der Waals surface area contributed by atoms with Crippen LogP contribution >= 0.6 is 22.6 Å². The van der Waals surface area contributed by atoms with Crippen LogP contribution in [0.1, 0.15) is 33.7 Å². The smallest absolute Gasteiger partial charge is 0.268 e. The Morgan fingerprint density at radius 3 is 1.65 bits per heavy atom. The average molecular weight is 608 g/mol. The third kappa shape index (κ3) is 4.50. The van der Waals surface area contributed by atoms with Crippen molar-refractivity contribution in [3.05, 3.63) is 113 Å². The first-order chi connectivity index (χ1) is 17.8. The van der Waals surface area contributed by atoms with Crippen LogP contribution in [0, 0.1) is 17.4 Å². The van der Waals surface area contributed by atoms with Crippen LogP contribution in [0.2, 0.25) is 0 Å². The standard InChI is InChI=1S/C28H25IN4O4/c1-14-4-8-16(9-5-14)24-22(27(35)32-30-24)21(18-12-19(29)26(34)20(13-18)37-3)23-25(31-33-28(23)36)17-10-6-15(2)7-11-17/h4-13,21,34H,1-3H3,(H2,30,32,35)(H2,31,33,36). The summed E-state index contributed by atoms with van der Waals surface area (Å²) < 4.78 is 5.96. The highest BCUT2D eigenvalue weighted by Crippen LogP contribution is 2.42. The van der Waals surface area contributed by atoms with Crippen LogP contribution in [0.4, 0.5) is 0 Å². The number of nitrogens with one attached hydrogen (secondary N) is 4. The maximum Gasteiger partial charge on any atom is 0.268 e. The fraction of sp³-hybridized carbons (Fsp3) is 0.143. The van der Waals surface area contributed by atoms with Gasteiger partial charge in [0.05, 0.1) is 33.2 Å². The Labute approximate surface area is 225 Å². The first-order valence-corrected chi connectivity index (χ1v) is 12.7. The molecule has 0 fully saturated rings. The predicted octanol–water partition coefficient (Wildman–Crippen LogP) is 5.17. The van der Waals surface area contributed by atoms with Gasteiger partial charge in [0.15, 0.2) is 11.5 Å². The second-order valence-electron chi connectivity index (χ2n) is 8.95. The molecule has 5 N–H and O–H groups in total. The molecular formula is C28H25IN4O4.